The Kier molecular flexibility index (Phi) is 6.41. The summed E-state index contributed by atoms with van der Waals surface area (Å²) in [5.41, 5.74) is 0.371. The fraction of sp³-hybridized carbons (Fsp3) is 0.846. The average Bonchev–Trinajstić information content (AvgIpc) is 2.36. The van der Waals surface area contributed by atoms with Crippen molar-refractivity contribution in [3.05, 3.63) is 0 Å². The highest BCUT2D eigenvalue weighted by atomic mass is 28.4. The average molecular weight is 319 g/mol. The molecule has 0 amide bonds. The Morgan fingerprint density at radius 2 is 1.70 bits per heavy atom. The number of hydrogen-bond acceptors (Lipinski definition) is 5. The van der Waals surface area contributed by atoms with Crippen LogP contribution in [0.3, 0.4) is 0 Å². The van der Waals surface area contributed by atoms with Crippen molar-refractivity contribution in [2.45, 2.75) is 64.2 Å². The molecule has 1 heterocycles. The van der Waals surface area contributed by atoms with E-state index in [0.29, 0.717) is 5.54 Å². The maximum atomic E-state index is 11.3. The molecule has 3 atom stereocenters. The van der Waals surface area contributed by atoms with E-state index in [-0.39, 0.29) is 17.5 Å². The summed E-state index contributed by atoms with van der Waals surface area (Å²) < 4.78 is 16.8. The highest BCUT2D eigenvalue weighted by Crippen LogP contribution is 2.39. The maximum Gasteiger partial charge on any atom is 0.464 e. The van der Waals surface area contributed by atoms with Gasteiger partial charge in [-0.1, -0.05) is 20.3 Å². The van der Waals surface area contributed by atoms with E-state index in [0.717, 1.165) is 19.1 Å². The lowest BCUT2D eigenvalue weighted by molar-refractivity contribution is -0.139. The van der Waals surface area contributed by atoms with Crippen molar-refractivity contribution in [1.82, 2.24) is 0 Å². The van der Waals surface area contributed by atoms with Crippen LogP contribution in [-0.4, -0.2) is 36.1 Å². The molecule has 0 aromatic rings. The molecule has 5 nitrogen and oxygen atoms in total. The lowest BCUT2D eigenvalue weighted by atomic mass is 10.3. The van der Waals surface area contributed by atoms with Crippen molar-refractivity contribution < 1.29 is 22.9 Å². The van der Waals surface area contributed by atoms with Crippen LogP contribution in [0.1, 0.15) is 40.5 Å². The second-order valence-electron chi connectivity index (χ2n) is 5.76. The first-order valence-corrected chi connectivity index (χ1v) is 11.6. The van der Waals surface area contributed by atoms with Gasteiger partial charge in [-0.3, -0.25) is 9.59 Å². The van der Waals surface area contributed by atoms with Gasteiger partial charge in [0, 0.05) is 32.5 Å². The zero-order chi connectivity index (χ0) is 15.3. The molecule has 20 heavy (non-hydrogen) atoms. The topological polar surface area (TPSA) is 61.8 Å². The molecule has 7 heteroatoms. The van der Waals surface area contributed by atoms with Crippen LogP contribution < -0.4 is 0 Å². The summed E-state index contributed by atoms with van der Waals surface area (Å²) in [6.07, 6.45) is 2.35. The van der Waals surface area contributed by atoms with E-state index in [9.17, 15) is 9.59 Å². The molecule has 0 aromatic heterocycles. The van der Waals surface area contributed by atoms with Crippen molar-refractivity contribution in [1.29, 1.82) is 0 Å². The minimum atomic E-state index is -2.87. The Balaban J connectivity index is 2.81. The molecule has 1 rings (SSSR count). The number of carbonyl (C=O) groups is 2. The monoisotopic (exact) mass is 318 g/mol. The predicted molar refractivity (Wildman–Crippen MR) is 81.1 cm³/mol. The van der Waals surface area contributed by atoms with Gasteiger partial charge in [-0.2, -0.15) is 0 Å². The molecule has 0 saturated carbocycles. The van der Waals surface area contributed by atoms with Gasteiger partial charge < -0.3 is 13.3 Å². The minimum Gasteiger partial charge on any atom is -0.485 e. The summed E-state index contributed by atoms with van der Waals surface area (Å²) in [5.74, 6) is -0.767. The third-order valence-electron chi connectivity index (χ3n) is 4.11. The van der Waals surface area contributed by atoms with Crippen molar-refractivity contribution >= 4 is 29.5 Å². The second-order valence-corrected chi connectivity index (χ2v) is 12.1. The molecule has 0 aromatic carbocycles. The van der Waals surface area contributed by atoms with Gasteiger partial charge in [-0.25, -0.2) is 0 Å². The third kappa shape index (κ3) is 4.71. The van der Waals surface area contributed by atoms with Gasteiger partial charge in [0.25, 0.3) is 11.9 Å². The molecule has 0 N–H and O–H groups in total. The smallest absolute Gasteiger partial charge is 0.464 e. The quantitative estimate of drug-likeness (QED) is 0.729. The molecule has 0 radical (unpaired) electrons. The highest BCUT2D eigenvalue weighted by Gasteiger charge is 2.49. The molecular weight excluding hydrogens is 292 g/mol. The molecule has 1 saturated heterocycles. The summed E-state index contributed by atoms with van der Waals surface area (Å²) in [6.45, 7) is 9.53. The van der Waals surface area contributed by atoms with E-state index in [1.54, 1.807) is 6.55 Å². The van der Waals surface area contributed by atoms with Crippen LogP contribution in [0, 0.1) is 0 Å². The number of hydrogen-bond donors (Lipinski definition) is 0. The molecule has 0 bridgehead atoms. The van der Waals surface area contributed by atoms with Gasteiger partial charge in [0.1, 0.15) is 0 Å². The zero-order valence-electron chi connectivity index (χ0n) is 13.1. The Hall–Kier alpha value is -0.666. The van der Waals surface area contributed by atoms with E-state index >= 15 is 0 Å². The first-order chi connectivity index (χ1) is 9.26. The van der Waals surface area contributed by atoms with E-state index < -0.39 is 17.6 Å². The lowest BCUT2D eigenvalue weighted by Crippen LogP contribution is -2.48. The third-order valence-corrected chi connectivity index (χ3v) is 11.5. The number of rotatable bonds is 5. The van der Waals surface area contributed by atoms with Crippen LogP contribution >= 0.6 is 0 Å². The van der Waals surface area contributed by atoms with Gasteiger partial charge in [0.2, 0.25) is 0 Å². The highest BCUT2D eigenvalue weighted by molar-refractivity contribution is 6.72. The first kappa shape index (κ1) is 17.4. The normalized spacial score (nSPS) is 22.8. The first-order valence-electron chi connectivity index (χ1n) is 7.27. The van der Waals surface area contributed by atoms with Gasteiger partial charge >= 0.3 is 8.56 Å². The van der Waals surface area contributed by atoms with E-state index in [2.05, 4.69) is 6.92 Å². The summed E-state index contributed by atoms with van der Waals surface area (Å²) in [4.78, 5) is 22.7. The molecule has 116 valence electrons. The minimum absolute atomic E-state index is 0.0464. The van der Waals surface area contributed by atoms with Crippen molar-refractivity contribution in [3.63, 3.8) is 0 Å². The predicted octanol–water partition coefficient (Wildman–Crippen LogP) is 2.50. The SMILES string of the molecule is CC(=O)O[Si](C)(OC(C)=O)C(C)C(C)[SiH]1CCCCO1. The summed E-state index contributed by atoms with van der Waals surface area (Å²) >= 11 is 0. The fourth-order valence-corrected chi connectivity index (χ4v) is 9.76. The van der Waals surface area contributed by atoms with Crippen molar-refractivity contribution in [3.8, 4) is 0 Å². The van der Waals surface area contributed by atoms with Crippen LogP contribution in [-0.2, 0) is 22.9 Å². The molecule has 0 spiro atoms. The largest absolute Gasteiger partial charge is 0.485 e. The van der Waals surface area contributed by atoms with Crippen LogP contribution in [0.25, 0.3) is 0 Å². The van der Waals surface area contributed by atoms with Gasteiger partial charge in [0.05, 0.1) is 0 Å². The van der Waals surface area contributed by atoms with Crippen LogP contribution in [0.15, 0.2) is 0 Å². The van der Waals surface area contributed by atoms with Gasteiger partial charge in [-0.05, 0) is 18.0 Å². The Morgan fingerprint density at radius 3 is 2.10 bits per heavy atom. The molecule has 0 aliphatic carbocycles. The molecule has 1 aliphatic heterocycles. The Labute approximate surface area is 124 Å². The zero-order valence-corrected chi connectivity index (χ0v) is 15.3. The molecule has 1 aliphatic rings. The van der Waals surface area contributed by atoms with Crippen LogP contribution in [0.4, 0.5) is 0 Å². The van der Waals surface area contributed by atoms with Gasteiger partial charge in [-0.15, -0.1) is 0 Å². The summed E-state index contributed by atoms with van der Waals surface area (Å²) in [5, 5.41) is 0. The van der Waals surface area contributed by atoms with Crippen molar-refractivity contribution in [2.24, 2.45) is 0 Å². The summed E-state index contributed by atoms with van der Waals surface area (Å²) in [7, 11) is -4.19. The fourth-order valence-electron chi connectivity index (χ4n) is 2.76. The van der Waals surface area contributed by atoms with E-state index in [1.165, 1.54) is 20.3 Å². The maximum absolute atomic E-state index is 11.3. The van der Waals surface area contributed by atoms with E-state index in [4.69, 9.17) is 13.3 Å². The van der Waals surface area contributed by atoms with E-state index in [1.807, 2.05) is 6.92 Å². The molecular formula is C13H26O5Si2. The number of carbonyl (C=O) groups excluding carboxylic acids is 2. The second kappa shape index (κ2) is 7.37. The molecule has 1 fully saturated rings. The van der Waals surface area contributed by atoms with Crippen LogP contribution in [0.2, 0.25) is 23.7 Å². The summed E-state index contributed by atoms with van der Waals surface area (Å²) in [6, 6.07) is 1.15. The lowest BCUT2D eigenvalue weighted by Gasteiger charge is -2.37. The standard InChI is InChI=1S/C13H26O5Si2/c1-10(19-9-7-6-8-16-19)11(2)20(5,17-12(3)14)18-13(4)15/h10-11,19H,6-9H2,1-5H3. The molecule has 3 unspecified atom stereocenters. The van der Waals surface area contributed by atoms with Crippen LogP contribution in [0.5, 0.6) is 0 Å². The van der Waals surface area contributed by atoms with Gasteiger partial charge in [0.15, 0.2) is 9.04 Å². The Bertz CT molecular complexity index is 339. The van der Waals surface area contributed by atoms with Crippen molar-refractivity contribution in [2.75, 3.05) is 6.61 Å². The Morgan fingerprint density at radius 1 is 1.15 bits per heavy atom.